The Bertz CT molecular complexity index is 1290. The first-order chi connectivity index (χ1) is 15.6. The summed E-state index contributed by atoms with van der Waals surface area (Å²) in [5, 5.41) is 17.3. The molecule has 0 atom stereocenters. The fourth-order valence-corrected chi connectivity index (χ4v) is 3.75. The Balaban J connectivity index is 1.56. The number of phenols is 1. The molecule has 0 saturated heterocycles. The number of aromatic nitrogens is 1. The number of hydrazone groups is 1. The molecule has 0 aliphatic carbocycles. The number of carbonyl (C=O) groups excluding carboxylic acids is 1. The van der Waals surface area contributed by atoms with Gasteiger partial charge in [-0.2, -0.15) is 5.10 Å². The van der Waals surface area contributed by atoms with E-state index in [1.165, 1.54) is 36.8 Å². The molecule has 2 N–H and O–H groups in total. The Kier molecular flexibility index (Phi) is 6.23. The number of hydrogen-bond acceptors (Lipinski definition) is 7. The van der Waals surface area contributed by atoms with Gasteiger partial charge in [0.1, 0.15) is 11.6 Å². The second-order valence-electron chi connectivity index (χ2n) is 6.70. The zero-order chi connectivity index (χ0) is 22.5. The number of aromatic hydroxyl groups is 1. The minimum atomic E-state index is -0.592. The number of thiazole rings is 1. The number of benzene rings is 3. The Morgan fingerprint density at radius 3 is 2.72 bits per heavy atom. The first-order valence-corrected chi connectivity index (χ1v) is 10.4. The summed E-state index contributed by atoms with van der Waals surface area (Å²) in [5.41, 5.74) is 5.55. The molecule has 32 heavy (non-hydrogen) atoms. The summed E-state index contributed by atoms with van der Waals surface area (Å²) in [4.78, 5) is 16.3. The molecule has 0 radical (unpaired) electrons. The molecule has 0 aliphatic heterocycles. The van der Waals surface area contributed by atoms with Gasteiger partial charge < -0.3 is 9.84 Å². The lowest BCUT2D eigenvalue weighted by Gasteiger charge is -2.10. The van der Waals surface area contributed by atoms with Crippen molar-refractivity contribution < 1.29 is 19.0 Å². The van der Waals surface area contributed by atoms with Crippen molar-refractivity contribution in [3.05, 3.63) is 89.1 Å². The van der Waals surface area contributed by atoms with Gasteiger partial charge >= 0.3 is 5.97 Å². The minimum Gasteiger partial charge on any atom is -0.507 e. The second-order valence-corrected chi connectivity index (χ2v) is 7.56. The highest BCUT2D eigenvalue weighted by atomic mass is 32.1. The molecule has 0 saturated carbocycles. The van der Waals surface area contributed by atoms with Crippen molar-refractivity contribution in [3.63, 3.8) is 0 Å². The van der Waals surface area contributed by atoms with Crippen molar-refractivity contribution in [1.82, 2.24) is 4.98 Å². The van der Waals surface area contributed by atoms with E-state index in [0.717, 1.165) is 17.3 Å². The van der Waals surface area contributed by atoms with E-state index in [1.54, 1.807) is 18.2 Å². The zero-order valence-electron chi connectivity index (χ0n) is 16.9. The number of halogens is 1. The smallest absolute Gasteiger partial charge is 0.337 e. The molecule has 0 aliphatic rings. The molecule has 3 aromatic carbocycles. The number of methoxy groups -OCH3 is 1. The second kappa shape index (κ2) is 9.40. The Labute approximate surface area is 187 Å². The third-order valence-corrected chi connectivity index (χ3v) is 5.43. The molecule has 8 heteroatoms. The number of hydrogen-bond donors (Lipinski definition) is 2. The van der Waals surface area contributed by atoms with E-state index < -0.39 is 11.8 Å². The summed E-state index contributed by atoms with van der Waals surface area (Å²) in [6, 6.07) is 18.5. The topological polar surface area (TPSA) is 83.8 Å². The van der Waals surface area contributed by atoms with Gasteiger partial charge in [-0.25, -0.2) is 14.2 Å². The maximum atomic E-state index is 14.4. The fraction of sp³-hybridized carbons (Fsp3) is 0.0417. The number of carbonyl (C=O) groups is 1. The van der Waals surface area contributed by atoms with Crippen LogP contribution < -0.4 is 5.43 Å². The third kappa shape index (κ3) is 4.50. The zero-order valence-corrected chi connectivity index (χ0v) is 17.8. The Hall–Kier alpha value is -4.04. The van der Waals surface area contributed by atoms with Gasteiger partial charge in [-0.3, -0.25) is 5.43 Å². The van der Waals surface area contributed by atoms with Crippen LogP contribution in [0.25, 0.3) is 22.4 Å². The van der Waals surface area contributed by atoms with Crippen LogP contribution >= 0.6 is 11.3 Å². The quantitative estimate of drug-likeness (QED) is 0.230. The van der Waals surface area contributed by atoms with E-state index in [0.29, 0.717) is 10.7 Å². The van der Waals surface area contributed by atoms with Crippen LogP contribution in [-0.4, -0.2) is 29.4 Å². The third-order valence-electron chi connectivity index (χ3n) is 4.68. The standard InChI is InChI=1S/C24H18FN3O3S/c1-31-23(30)16-10-11-20(25)19(12-16)18-9-5-8-17(22(18)29)13-26-28-24-27-21(14-32-24)15-6-3-2-4-7-15/h2-14,29H,1H3,(H,27,28). The van der Waals surface area contributed by atoms with Gasteiger partial charge in [-0.15, -0.1) is 11.3 Å². The minimum absolute atomic E-state index is 0.0843. The lowest BCUT2D eigenvalue weighted by Crippen LogP contribution is -2.02. The largest absolute Gasteiger partial charge is 0.507 e. The van der Waals surface area contributed by atoms with Gasteiger partial charge in [0.25, 0.3) is 0 Å². The lowest BCUT2D eigenvalue weighted by atomic mass is 9.99. The van der Waals surface area contributed by atoms with Crippen molar-refractivity contribution in [2.45, 2.75) is 0 Å². The molecule has 1 heterocycles. The van der Waals surface area contributed by atoms with Crippen molar-refractivity contribution in [2.75, 3.05) is 12.5 Å². The summed E-state index contributed by atoms with van der Waals surface area (Å²) >= 11 is 1.40. The number of nitrogens with one attached hydrogen (secondary N) is 1. The van der Waals surface area contributed by atoms with Crippen LogP contribution in [0.1, 0.15) is 15.9 Å². The SMILES string of the molecule is COC(=O)c1ccc(F)c(-c2cccc(C=NNc3nc(-c4ccccc4)cs3)c2O)c1. The molecule has 0 unspecified atom stereocenters. The first-order valence-electron chi connectivity index (χ1n) is 9.57. The predicted molar refractivity (Wildman–Crippen MR) is 124 cm³/mol. The van der Waals surface area contributed by atoms with Crippen LogP contribution in [-0.2, 0) is 4.74 Å². The average molecular weight is 447 g/mol. The van der Waals surface area contributed by atoms with Crippen molar-refractivity contribution in [2.24, 2.45) is 5.10 Å². The summed E-state index contributed by atoms with van der Waals surface area (Å²) in [6.45, 7) is 0. The van der Waals surface area contributed by atoms with Crippen LogP contribution in [0.5, 0.6) is 5.75 Å². The maximum absolute atomic E-state index is 14.4. The Morgan fingerprint density at radius 2 is 1.94 bits per heavy atom. The number of phenolic OH excluding ortho intramolecular Hbond substituents is 1. The van der Waals surface area contributed by atoms with Crippen molar-refractivity contribution in [3.8, 4) is 28.1 Å². The predicted octanol–water partition coefficient (Wildman–Crippen LogP) is 5.55. The van der Waals surface area contributed by atoms with E-state index in [1.807, 2.05) is 35.7 Å². The first kappa shape index (κ1) is 21.2. The number of anilines is 1. The van der Waals surface area contributed by atoms with E-state index in [-0.39, 0.29) is 22.4 Å². The average Bonchev–Trinajstić information content (AvgIpc) is 3.30. The van der Waals surface area contributed by atoms with E-state index in [2.05, 4.69) is 20.2 Å². The molecule has 0 fully saturated rings. The Morgan fingerprint density at radius 1 is 1.12 bits per heavy atom. The van der Waals surface area contributed by atoms with Crippen LogP contribution in [0, 0.1) is 5.82 Å². The summed E-state index contributed by atoms with van der Waals surface area (Å²) in [5.74, 6) is -1.33. The van der Waals surface area contributed by atoms with Crippen LogP contribution in [0.3, 0.4) is 0 Å². The number of esters is 1. The van der Waals surface area contributed by atoms with Gasteiger partial charge in [0.2, 0.25) is 5.13 Å². The van der Waals surface area contributed by atoms with Gasteiger partial charge in [0, 0.05) is 27.6 Å². The summed E-state index contributed by atoms with van der Waals surface area (Å²) in [7, 11) is 1.25. The molecule has 4 aromatic rings. The van der Waals surface area contributed by atoms with Crippen LogP contribution in [0.4, 0.5) is 9.52 Å². The molecular formula is C24H18FN3O3S. The highest BCUT2D eigenvalue weighted by Gasteiger charge is 2.15. The number of ether oxygens (including phenoxy) is 1. The van der Waals surface area contributed by atoms with E-state index in [4.69, 9.17) is 0 Å². The van der Waals surface area contributed by atoms with E-state index in [9.17, 15) is 14.3 Å². The summed E-state index contributed by atoms with van der Waals surface area (Å²) in [6.07, 6.45) is 1.42. The van der Waals surface area contributed by atoms with Gasteiger partial charge in [-0.05, 0) is 24.3 Å². The highest BCUT2D eigenvalue weighted by molar-refractivity contribution is 7.14. The van der Waals surface area contributed by atoms with Gasteiger partial charge in [-0.1, -0.05) is 42.5 Å². The molecule has 0 bridgehead atoms. The van der Waals surface area contributed by atoms with Crippen molar-refractivity contribution in [1.29, 1.82) is 0 Å². The lowest BCUT2D eigenvalue weighted by molar-refractivity contribution is 0.0600. The molecular weight excluding hydrogens is 429 g/mol. The monoisotopic (exact) mass is 447 g/mol. The van der Waals surface area contributed by atoms with Crippen LogP contribution in [0.15, 0.2) is 77.2 Å². The van der Waals surface area contributed by atoms with Gasteiger partial charge in [0.15, 0.2) is 0 Å². The molecule has 160 valence electrons. The molecule has 0 spiro atoms. The maximum Gasteiger partial charge on any atom is 0.337 e. The molecule has 0 amide bonds. The molecule has 1 aromatic heterocycles. The summed E-state index contributed by atoms with van der Waals surface area (Å²) < 4.78 is 19.1. The van der Waals surface area contributed by atoms with Gasteiger partial charge in [0.05, 0.1) is 24.6 Å². The fourth-order valence-electron chi connectivity index (χ4n) is 3.08. The normalized spacial score (nSPS) is 10.9. The number of para-hydroxylation sites is 1. The number of nitrogens with zero attached hydrogens (tertiary/aromatic N) is 2. The van der Waals surface area contributed by atoms with E-state index >= 15 is 0 Å². The molecule has 4 rings (SSSR count). The van der Waals surface area contributed by atoms with Crippen LogP contribution in [0.2, 0.25) is 0 Å². The highest BCUT2D eigenvalue weighted by Crippen LogP contribution is 2.34. The number of rotatable bonds is 6. The molecule has 6 nitrogen and oxygen atoms in total. The van der Waals surface area contributed by atoms with Crippen molar-refractivity contribution >= 4 is 28.7 Å².